The molecule has 0 amide bonds. The van der Waals surface area contributed by atoms with Gasteiger partial charge in [0.25, 0.3) is 0 Å². The van der Waals surface area contributed by atoms with E-state index in [-0.39, 0.29) is 5.41 Å². The Morgan fingerprint density at radius 3 is 2.59 bits per heavy atom. The molecular weight excluding hydrogens is 338 g/mol. The lowest BCUT2D eigenvalue weighted by Crippen LogP contribution is -2.49. The lowest BCUT2D eigenvalue weighted by molar-refractivity contribution is -0.142. The number of aromatic hydroxyl groups is 1. The van der Waals surface area contributed by atoms with E-state index in [0.29, 0.717) is 24.6 Å². The number of piperidine rings is 1. The first-order valence-corrected chi connectivity index (χ1v) is 9.67. The predicted octanol–water partition coefficient (Wildman–Crippen LogP) is 3.94. The summed E-state index contributed by atoms with van der Waals surface area (Å²) in [5.41, 5.74) is 2.22. The van der Waals surface area contributed by atoms with E-state index in [4.69, 9.17) is 0 Å². The summed E-state index contributed by atoms with van der Waals surface area (Å²) in [5, 5.41) is 19.5. The molecule has 3 atom stereocenters. The van der Waals surface area contributed by atoms with Crippen LogP contribution in [-0.2, 0) is 16.6 Å². The molecule has 2 aromatic rings. The van der Waals surface area contributed by atoms with Gasteiger partial charge in [-0.1, -0.05) is 56.3 Å². The Kier molecular flexibility index (Phi) is 5.85. The van der Waals surface area contributed by atoms with Crippen LogP contribution in [0.2, 0.25) is 0 Å². The van der Waals surface area contributed by atoms with E-state index < -0.39 is 11.9 Å². The van der Waals surface area contributed by atoms with Crippen LogP contribution in [0.3, 0.4) is 0 Å². The third kappa shape index (κ3) is 4.51. The molecule has 0 saturated carbocycles. The first-order valence-electron chi connectivity index (χ1n) is 9.67. The molecule has 0 bridgehead atoms. The van der Waals surface area contributed by atoms with E-state index >= 15 is 0 Å². The Hall–Kier alpha value is -2.33. The molecule has 4 nitrogen and oxygen atoms in total. The molecule has 4 heteroatoms. The largest absolute Gasteiger partial charge is 0.508 e. The van der Waals surface area contributed by atoms with Crippen LogP contribution in [-0.4, -0.2) is 40.7 Å². The van der Waals surface area contributed by atoms with Crippen molar-refractivity contribution in [2.45, 2.75) is 32.1 Å². The Morgan fingerprint density at radius 1 is 1.22 bits per heavy atom. The number of hydrogen-bond acceptors (Lipinski definition) is 3. The molecular formula is C23H29NO3. The Morgan fingerprint density at radius 2 is 1.96 bits per heavy atom. The van der Waals surface area contributed by atoms with Crippen LogP contribution in [0, 0.1) is 11.8 Å². The summed E-state index contributed by atoms with van der Waals surface area (Å²) in [4.78, 5) is 14.1. The van der Waals surface area contributed by atoms with Gasteiger partial charge in [-0.3, -0.25) is 4.79 Å². The molecule has 1 saturated heterocycles. The lowest BCUT2D eigenvalue weighted by atomic mass is 9.68. The number of phenolic OH excluding ortho intramolecular Hbond substituents is 1. The lowest BCUT2D eigenvalue weighted by Gasteiger charge is -2.45. The minimum atomic E-state index is -0.729. The van der Waals surface area contributed by atoms with Crippen LogP contribution in [0.1, 0.15) is 31.4 Å². The molecule has 1 aliphatic rings. The van der Waals surface area contributed by atoms with Crippen molar-refractivity contribution in [3.05, 3.63) is 65.7 Å². The van der Waals surface area contributed by atoms with Crippen molar-refractivity contribution in [1.29, 1.82) is 0 Å². The monoisotopic (exact) mass is 367 g/mol. The van der Waals surface area contributed by atoms with Crippen LogP contribution in [0.5, 0.6) is 5.75 Å². The highest BCUT2D eigenvalue weighted by molar-refractivity contribution is 5.70. The first kappa shape index (κ1) is 19.4. The fraction of sp³-hybridized carbons (Fsp3) is 0.435. The van der Waals surface area contributed by atoms with Crippen LogP contribution in [0.25, 0.3) is 0 Å². The van der Waals surface area contributed by atoms with Crippen molar-refractivity contribution in [2.75, 3.05) is 19.6 Å². The maximum Gasteiger partial charge on any atom is 0.308 e. The average molecular weight is 367 g/mol. The van der Waals surface area contributed by atoms with Gasteiger partial charge < -0.3 is 15.1 Å². The molecule has 0 aliphatic carbocycles. The molecule has 0 radical (unpaired) electrons. The minimum absolute atomic E-state index is 0.00656. The van der Waals surface area contributed by atoms with Gasteiger partial charge in [-0.2, -0.15) is 0 Å². The highest BCUT2D eigenvalue weighted by atomic mass is 16.4. The van der Waals surface area contributed by atoms with Crippen molar-refractivity contribution >= 4 is 5.97 Å². The van der Waals surface area contributed by atoms with Gasteiger partial charge in [0.15, 0.2) is 0 Å². The van der Waals surface area contributed by atoms with Crippen LogP contribution in [0.4, 0.5) is 0 Å². The molecule has 2 unspecified atom stereocenters. The van der Waals surface area contributed by atoms with E-state index in [0.717, 1.165) is 30.6 Å². The number of carbonyl (C=O) groups is 1. The number of phenols is 1. The van der Waals surface area contributed by atoms with E-state index in [1.165, 1.54) is 0 Å². The molecule has 1 heterocycles. The summed E-state index contributed by atoms with van der Waals surface area (Å²) in [6.07, 6.45) is 1.51. The molecule has 3 rings (SSSR count). The van der Waals surface area contributed by atoms with Crippen molar-refractivity contribution < 1.29 is 15.0 Å². The quantitative estimate of drug-likeness (QED) is 0.812. The number of aliphatic carboxylic acids is 1. The summed E-state index contributed by atoms with van der Waals surface area (Å²) in [7, 11) is 0. The fourth-order valence-electron chi connectivity index (χ4n) is 4.21. The van der Waals surface area contributed by atoms with Crippen molar-refractivity contribution in [3.63, 3.8) is 0 Å². The van der Waals surface area contributed by atoms with Crippen LogP contribution >= 0.6 is 0 Å². The number of nitrogens with zero attached hydrogens (tertiary/aromatic N) is 1. The minimum Gasteiger partial charge on any atom is -0.508 e. The second-order valence-corrected chi connectivity index (χ2v) is 8.10. The molecule has 2 N–H and O–H groups in total. The van der Waals surface area contributed by atoms with Crippen molar-refractivity contribution in [3.8, 4) is 5.75 Å². The highest BCUT2D eigenvalue weighted by Crippen LogP contribution is 2.40. The SMILES string of the molecule is CC1CN(CC(Cc2ccccc2)C(=O)O)CC[C@@]1(C)c1cccc(O)c1. The third-order valence-corrected chi connectivity index (χ3v) is 6.23. The zero-order valence-electron chi connectivity index (χ0n) is 16.1. The van der Waals surface area contributed by atoms with Gasteiger partial charge in [-0.25, -0.2) is 0 Å². The number of hydrogen-bond donors (Lipinski definition) is 2. The molecule has 1 fully saturated rings. The van der Waals surface area contributed by atoms with Gasteiger partial charge in [0.2, 0.25) is 0 Å². The van der Waals surface area contributed by atoms with Gasteiger partial charge in [-0.15, -0.1) is 0 Å². The highest BCUT2D eigenvalue weighted by Gasteiger charge is 2.39. The normalized spacial score (nSPS) is 24.4. The number of carboxylic acids is 1. The Balaban J connectivity index is 1.67. The van der Waals surface area contributed by atoms with Crippen LogP contribution in [0.15, 0.2) is 54.6 Å². The number of likely N-dealkylation sites (tertiary alicyclic amines) is 1. The van der Waals surface area contributed by atoms with Crippen LogP contribution < -0.4 is 0 Å². The second-order valence-electron chi connectivity index (χ2n) is 8.10. The van der Waals surface area contributed by atoms with Gasteiger partial charge in [-0.05, 0) is 54.0 Å². The second kappa shape index (κ2) is 8.13. The maximum atomic E-state index is 11.8. The molecule has 1 aliphatic heterocycles. The van der Waals surface area contributed by atoms with Gasteiger partial charge in [0.1, 0.15) is 5.75 Å². The molecule has 144 valence electrons. The zero-order chi connectivity index (χ0) is 19.4. The Labute approximate surface area is 161 Å². The van der Waals surface area contributed by atoms with E-state index in [9.17, 15) is 15.0 Å². The summed E-state index contributed by atoms with van der Waals surface area (Å²) in [6.45, 7) is 6.79. The number of rotatable bonds is 6. The van der Waals surface area contributed by atoms with Gasteiger partial charge >= 0.3 is 5.97 Å². The van der Waals surface area contributed by atoms with Crippen molar-refractivity contribution in [2.24, 2.45) is 11.8 Å². The van der Waals surface area contributed by atoms with E-state index in [2.05, 4.69) is 24.8 Å². The number of carboxylic acid groups (broad SMARTS) is 1. The van der Waals surface area contributed by atoms with Gasteiger partial charge in [0.05, 0.1) is 5.92 Å². The molecule has 0 aromatic heterocycles. The summed E-state index contributed by atoms with van der Waals surface area (Å²) < 4.78 is 0. The average Bonchev–Trinajstić information content (AvgIpc) is 2.65. The maximum absolute atomic E-state index is 11.8. The Bertz CT molecular complexity index is 776. The summed E-state index contributed by atoms with van der Waals surface area (Å²) in [6, 6.07) is 17.4. The third-order valence-electron chi connectivity index (χ3n) is 6.23. The standard InChI is InChI=1S/C23H29NO3/c1-17-15-24(12-11-23(17,2)20-9-6-10-21(25)14-20)16-19(22(26)27)13-18-7-4-3-5-8-18/h3-10,14,17,19,25H,11-13,15-16H2,1-2H3,(H,26,27)/t17?,19?,23-/m1/s1. The molecule has 2 aromatic carbocycles. The summed E-state index contributed by atoms with van der Waals surface area (Å²) >= 11 is 0. The van der Waals surface area contributed by atoms with Gasteiger partial charge in [0, 0.05) is 13.1 Å². The van der Waals surface area contributed by atoms with E-state index in [1.807, 2.05) is 42.5 Å². The predicted molar refractivity (Wildman–Crippen MR) is 107 cm³/mol. The van der Waals surface area contributed by atoms with E-state index in [1.54, 1.807) is 6.07 Å². The molecule has 0 spiro atoms. The van der Waals surface area contributed by atoms with Crippen molar-refractivity contribution in [1.82, 2.24) is 4.90 Å². The fourth-order valence-corrected chi connectivity index (χ4v) is 4.21. The summed E-state index contributed by atoms with van der Waals surface area (Å²) in [5.74, 6) is -0.450. The molecule has 27 heavy (non-hydrogen) atoms. The smallest absolute Gasteiger partial charge is 0.308 e. The zero-order valence-corrected chi connectivity index (χ0v) is 16.1. The topological polar surface area (TPSA) is 60.8 Å². The first-order chi connectivity index (χ1) is 12.9. The number of benzene rings is 2.